The van der Waals surface area contributed by atoms with Crippen LogP contribution in [0.25, 0.3) is 0 Å². The Morgan fingerprint density at radius 1 is 0.762 bits per heavy atom. The summed E-state index contributed by atoms with van der Waals surface area (Å²) in [6.45, 7) is 7.23. The molecule has 0 atom stereocenters. The summed E-state index contributed by atoms with van der Waals surface area (Å²) in [7, 11) is 0. The molecule has 2 aromatic rings. The third-order valence-corrected chi connectivity index (χ3v) is 3.28. The average Bonchev–Trinajstić information content (AvgIpc) is 2.37. The van der Waals surface area contributed by atoms with Gasteiger partial charge in [-0.1, -0.05) is 45.0 Å². The Morgan fingerprint density at radius 3 is 1.71 bits per heavy atom. The molecule has 0 unspecified atom stereocenters. The average molecular weight is 290 g/mol. The molecule has 0 saturated heterocycles. The minimum Gasteiger partial charge on any atom is -0.457 e. The second-order valence-electron chi connectivity index (χ2n) is 6.30. The second kappa shape index (κ2) is 5.47. The SMILES string of the molecule is CC(C)(C)c1cccc(Oc2cccc(C(C)(F)F)c2)c1. The van der Waals surface area contributed by atoms with Crippen LogP contribution < -0.4 is 4.74 Å². The number of alkyl halides is 2. The summed E-state index contributed by atoms with van der Waals surface area (Å²) in [6.07, 6.45) is 0. The number of hydrogen-bond acceptors (Lipinski definition) is 1. The molecule has 0 aliphatic carbocycles. The molecule has 0 radical (unpaired) electrons. The van der Waals surface area contributed by atoms with Crippen LogP contribution in [0.4, 0.5) is 8.78 Å². The van der Waals surface area contributed by atoms with Crippen molar-refractivity contribution in [3.8, 4) is 11.5 Å². The lowest BCUT2D eigenvalue weighted by molar-refractivity contribution is 0.0173. The molecular weight excluding hydrogens is 270 g/mol. The van der Waals surface area contributed by atoms with Crippen LogP contribution in [0.3, 0.4) is 0 Å². The Kier molecular flexibility index (Phi) is 4.04. The third-order valence-electron chi connectivity index (χ3n) is 3.28. The van der Waals surface area contributed by atoms with Crippen molar-refractivity contribution >= 4 is 0 Å². The van der Waals surface area contributed by atoms with Crippen LogP contribution in [0, 0.1) is 0 Å². The van der Waals surface area contributed by atoms with E-state index in [9.17, 15) is 8.78 Å². The summed E-state index contributed by atoms with van der Waals surface area (Å²) >= 11 is 0. The fourth-order valence-corrected chi connectivity index (χ4v) is 1.99. The van der Waals surface area contributed by atoms with Gasteiger partial charge in [0.2, 0.25) is 0 Å². The molecule has 0 spiro atoms. The van der Waals surface area contributed by atoms with Gasteiger partial charge in [-0.3, -0.25) is 0 Å². The monoisotopic (exact) mass is 290 g/mol. The number of hydrogen-bond donors (Lipinski definition) is 0. The Bertz CT molecular complexity index is 566. The van der Waals surface area contributed by atoms with Gasteiger partial charge in [0, 0.05) is 12.5 Å². The van der Waals surface area contributed by atoms with Gasteiger partial charge in [0.25, 0.3) is 5.92 Å². The standard InChI is InChI=1S/C18H20F2O/c1-17(2,3)13-7-5-9-15(11-13)21-16-10-6-8-14(12-16)18(4,19)20/h5-12H,1-4H3. The van der Waals surface area contributed by atoms with E-state index in [2.05, 4.69) is 20.8 Å². The fraction of sp³-hybridized carbons (Fsp3) is 0.333. The van der Waals surface area contributed by atoms with Gasteiger partial charge in [-0.15, -0.1) is 0 Å². The van der Waals surface area contributed by atoms with Gasteiger partial charge >= 0.3 is 0 Å². The van der Waals surface area contributed by atoms with Crippen molar-refractivity contribution in [2.75, 3.05) is 0 Å². The number of halogens is 2. The van der Waals surface area contributed by atoms with Crippen molar-refractivity contribution in [2.24, 2.45) is 0 Å². The molecule has 0 aliphatic heterocycles. The molecule has 0 aromatic heterocycles. The van der Waals surface area contributed by atoms with Crippen molar-refractivity contribution in [3.05, 3.63) is 59.7 Å². The maximum absolute atomic E-state index is 13.3. The molecular formula is C18H20F2O. The molecule has 3 heteroatoms. The molecule has 21 heavy (non-hydrogen) atoms. The van der Waals surface area contributed by atoms with E-state index in [1.165, 1.54) is 12.1 Å². The molecule has 2 aromatic carbocycles. The first kappa shape index (κ1) is 15.5. The lowest BCUT2D eigenvalue weighted by Gasteiger charge is -2.20. The van der Waals surface area contributed by atoms with E-state index in [-0.39, 0.29) is 11.0 Å². The zero-order valence-electron chi connectivity index (χ0n) is 12.8. The first-order valence-corrected chi connectivity index (χ1v) is 6.93. The van der Waals surface area contributed by atoms with Crippen molar-refractivity contribution < 1.29 is 13.5 Å². The molecule has 0 bridgehead atoms. The zero-order valence-corrected chi connectivity index (χ0v) is 12.8. The highest BCUT2D eigenvalue weighted by atomic mass is 19.3. The van der Waals surface area contributed by atoms with Gasteiger partial charge in [-0.05, 0) is 35.2 Å². The minimum absolute atomic E-state index is 0.0116. The van der Waals surface area contributed by atoms with E-state index in [4.69, 9.17) is 4.74 Å². The molecule has 112 valence electrons. The van der Waals surface area contributed by atoms with E-state index >= 15 is 0 Å². The minimum atomic E-state index is -2.87. The molecule has 0 amide bonds. The van der Waals surface area contributed by atoms with Gasteiger partial charge in [-0.25, -0.2) is 8.78 Å². The van der Waals surface area contributed by atoms with Gasteiger partial charge < -0.3 is 4.74 Å². The Balaban J connectivity index is 2.27. The summed E-state index contributed by atoms with van der Waals surface area (Å²) in [5.74, 6) is -1.80. The molecule has 2 rings (SSSR count). The predicted octanol–water partition coefficient (Wildman–Crippen LogP) is 5.89. The maximum atomic E-state index is 13.3. The molecule has 1 nitrogen and oxygen atoms in total. The summed E-state index contributed by atoms with van der Waals surface area (Å²) in [6, 6.07) is 13.7. The van der Waals surface area contributed by atoms with Crippen LogP contribution in [0.15, 0.2) is 48.5 Å². The van der Waals surface area contributed by atoms with Gasteiger partial charge in [0.05, 0.1) is 0 Å². The molecule has 0 aliphatic rings. The Morgan fingerprint density at radius 2 is 1.24 bits per heavy atom. The van der Waals surface area contributed by atoms with Crippen LogP contribution in [0.5, 0.6) is 11.5 Å². The maximum Gasteiger partial charge on any atom is 0.270 e. The highest BCUT2D eigenvalue weighted by molar-refractivity contribution is 5.38. The molecule has 0 heterocycles. The fourth-order valence-electron chi connectivity index (χ4n) is 1.99. The largest absolute Gasteiger partial charge is 0.457 e. The van der Waals surface area contributed by atoms with Crippen molar-refractivity contribution in [2.45, 2.75) is 39.0 Å². The third kappa shape index (κ3) is 4.03. The Hall–Kier alpha value is -1.90. The van der Waals surface area contributed by atoms with Crippen LogP contribution in [-0.4, -0.2) is 0 Å². The van der Waals surface area contributed by atoms with E-state index in [1.807, 2.05) is 24.3 Å². The van der Waals surface area contributed by atoms with Crippen LogP contribution in [0.1, 0.15) is 38.8 Å². The van der Waals surface area contributed by atoms with Crippen molar-refractivity contribution in [1.29, 1.82) is 0 Å². The smallest absolute Gasteiger partial charge is 0.270 e. The van der Waals surface area contributed by atoms with Crippen molar-refractivity contribution in [1.82, 2.24) is 0 Å². The quantitative estimate of drug-likeness (QED) is 0.685. The van der Waals surface area contributed by atoms with Crippen LogP contribution in [0.2, 0.25) is 0 Å². The molecule has 0 N–H and O–H groups in total. The highest BCUT2D eigenvalue weighted by Gasteiger charge is 2.24. The van der Waals surface area contributed by atoms with Gasteiger partial charge in [0.15, 0.2) is 0 Å². The Labute approximate surface area is 124 Å². The summed E-state index contributed by atoms with van der Waals surface area (Å²) < 4.78 is 32.4. The molecule has 0 saturated carbocycles. The van der Waals surface area contributed by atoms with Gasteiger partial charge in [0.1, 0.15) is 11.5 Å². The summed E-state index contributed by atoms with van der Waals surface area (Å²) in [5.41, 5.74) is 1.10. The summed E-state index contributed by atoms with van der Waals surface area (Å²) in [4.78, 5) is 0. The highest BCUT2D eigenvalue weighted by Crippen LogP contribution is 2.32. The summed E-state index contributed by atoms with van der Waals surface area (Å²) in [5, 5.41) is 0. The first-order chi connectivity index (χ1) is 9.66. The normalized spacial score (nSPS) is 12.3. The lowest BCUT2D eigenvalue weighted by atomic mass is 9.87. The number of benzene rings is 2. The lowest BCUT2D eigenvalue weighted by Crippen LogP contribution is -2.10. The number of rotatable bonds is 3. The predicted molar refractivity (Wildman–Crippen MR) is 81.2 cm³/mol. The van der Waals surface area contributed by atoms with Crippen molar-refractivity contribution in [3.63, 3.8) is 0 Å². The molecule has 0 fully saturated rings. The van der Waals surface area contributed by atoms with E-state index in [0.717, 1.165) is 12.5 Å². The van der Waals surface area contributed by atoms with E-state index in [1.54, 1.807) is 12.1 Å². The number of ether oxygens (including phenoxy) is 1. The second-order valence-corrected chi connectivity index (χ2v) is 6.30. The van der Waals surface area contributed by atoms with Crippen LogP contribution >= 0.6 is 0 Å². The van der Waals surface area contributed by atoms with Crippen LogP contribution in [-0.2, 0) is 11.3 Å². The van der Waals surface area contributed by atoms with E-state index < -0.39 is 5.92 Å². The topological polar surface area (TPSA) is 9.23 Å². The van der Waals surface area contributed by atoms with Gasteiger partial charge in [-0.2, -0.15) is 0 Å². The zero-order chi connectivity index (χ0) is 15.7. The van der Waals surface area contributed by atoms with E-state index in [0.29, 0.717) is 11.5 Å². The first-order valence-electron chi connectivity index (χ1n) is 6.93.